The first-order chi connectivity index (χ1) is 24.0. The molecule has 5 heteroatoms. The van der Waals surface area contributed by atoms with Gasteiger partial charge in [-0.15, -0.1) is 0 Å². The average molecular weight is 688 g/mol. The van der Waals surface area contributed by atoms with Gasteiger partial charge in [0.1, 0.15) is 0 Å². The molecule has 0 aliphatic carbocycles. The highest BCUT2D eigenvalue weighted by molar-refractivity contribution is 5.76. The number of nitrogens with one attached hydrogen (secondary N) is 1. The molecule has 0 heterocycles. The van der Waals surface area contributed by atoms with Gasteiger partial charge in [0, 0.05) is 0 Å². The molecule has 0 saturated heterocycles. The van der Waals surface area contributed by atoms with Crippen LogP contribution in [0.4, 0.5) is 0 Å². The molecule has 3 unspecified atom stereocenters. The van der Waals surface area contributed by atoms with Crippen LogP contribution in [0.15, 0.2) is 48.6 Å². The smallest absolute Gasteiger partial charge is 0.222 e. The van der Waals surface area contributed by atoms with E-state index in [-0.39, 0.29) is 18.9 Å². The second-order valence-electron chi connectivity index (χ2n) is 14.2. The van der Waals surface area contributed by atoms with E-state index in [0.29, 0.717) is 6.42 Å². The van der Waals surface area contributed by atoms with E-state index in [4.69, 9.17) is 0 Å². The van der Waals surface area contributed by atoms with Crippen LogP contribution in [0.1, 0.15) is 200 Å². The normalized spacial score (nSPS) is 14.1. The predicted molar refractivity (Wildman–Crippen MR) is 213 cm³/mol. The molecule has 0 aromatic heterocycles. The number of carbonyl (C=O) groups is 1. The van der Waals surface area contributed by atoms with E-state index < -0.39 is 18.2 Å². The maximum absolute atomic E-state index is 12.4. The fourth-order valence-corrected chi connectivity index (χ4v) is 6.14. The quantitative estimate of drug-likeness (QED) is 0.0386. The molecular weight excluding hydrogens is 606 g/mol. The first-order valence-corrected chi connectivity index (χ1v) is 20.9. The molecule has 0 saturated carbocycles. The van der Waals surface area contributed by atoms with Crippen molar-refractivity contribution >= 4 is 5.91 Å². The monoisotopic (exact) mass is 688 g/mol. The highest BCUT2D eigenvalue weighted by Crippen LogP contribution is 2.15. The summed E-state index contributed by atoms with van der Waals surface area (Å²) in [6.07, 6.45) is 49.8. The maximum Gasteiger partial charge on any atom is 0.222 e. The molecular formula is C44H81NO4. The Kier molecular flexibility index (Phi) is 37.8. The van der Waals surface area contributed by atoms with Gasteiger partial charge in [-0.1, -0.05) is 178 Å². The summed E-state index contributed by atoms with van der Waals surface area (Å²) in [7, 11) is 0. The van der Waals surface area contributed by atoms with Crippen molar-refractivity contribution in [3.05, 3.63) is 48.6 Å². The fourth-order valence-electron chi connectivity index (χ4n) is 6.14. The van der Waals surface area contributed by atoms with Crippen LogP contribution in [-0.4, -0.2) is 46.1 Å². The van der Waals surface area contributed by atoms with E-state index in [0.717, 1.165) is 44.9 Å². The average Bonchev–Trinajstić information content (AvgIpc) is 3.09. The molecule has 3 atom stereocenters. The number of amides is 1. The van der Waals surface area contributed by atoms with E-state index in [1.165, 1.54) is 128 Å². The molecule has 1 amide bonds. The van der Waals surface area contributed by atoms with Gasteiger partial charge >= 0.3 is 0 Å². The van der Waals surface area contributed by atoms with Gasteiger partial charge in [0.05, 0.1) is 31.3 Å². The Morgan fingerprint density at radius 1 is 0.531 bits per heavy atom. The summed E-state index contributed by atoms with van der Waals surface area (Å²) in [6, 6.07) is -0.767. The topological polar surface area (TPSA) is 89.8 Å². The molecule has 0 aromatic rings. The van der Waals surface area contributed by atoms with Crippen LogP contribution in [-0.2, 0) is 4.79 Å². The van der Waals surface area contributed by atoms with Gasteiger partial charge in [0.25, 0.3) is 0 Å². The molecule has 5 nitrogen and oxygen atoms in total. The zero-order valence-electron chi connectivity index (χ0n) is 32.3. The molecule has 0 spiro atoms. The molecule has 0 aliphatic rings. The second-order valence-corrected chi connectivity index (χ2v) is 14.2. The Hall–Kier alpha value is -1.69. The number of unbranched alkanes of at least 4 members (excludes halogenated alkanes) is 22. The first-order valence-electron chi connectivity index (χ1n) is 20.9. The van der Waals surface area contributed by atoms with E-state index in [9.17, 15) is 20.1 Å². The predicted octanol–water partition coefficient (Wildman–Crippen LogP) is 11.8. The van der Waals surface area contributed by atoms with Gasteiger partial charge in [-0.2, -0.15) is 0 Å². The SMILES string of the molecule is CC/C=C/CC/C=C/CC/C=C/C(O)C(CO)NC(=O)CC(O)CCCCCCCCCC/C=C\CCCCCCCCCCCCCC. The molecule has 49 heavy (non-hydrogen) atoms. The molecule has 0 radical (unpaired) electrons. The van der Waals surface area contributed by atoms with Crippen molar-refractivity contribution in [2.75, 3.05) is 6.61 Å². The van der Waals surface area contributed by atoms with Gasteiger partial charge in [-0.25, -0.2) is 0 Å². The van der Waals surface area contributed by atoms with Crippen molar-refractivity contribution in [2.24, 2.45) is 0 Å². The maximum atomic E-state index is 12.4. The van der Waals surface area contributed by atoms with Crippen LogP contribution >= 0.6 is 0 Å². The Morgan fingerprint density at radius 3 is 1.41 bits per heavy atom. The number of aliphatic hydroxyl groups excluding tert-OH is 3. The van der Waals surface area contributed by atoms with Gasteiger partial charge in [0.2, 0.25) is 5.91 Å². The highest BCUT2D eigenvalue weighted by Gasteiger charge is 2.20. The van der Waals surface area contributed by atoms with Crippen molar-refractivity contribution in [1.82, 2.24) is 5.32 Å². The number of allylic oxidation sites excluding steroid dienone is 7. The molecule has 0 rings (SSSR count). The number of aliphatic hydroxyl groups is 3. The third kappa shape index (κ3) is 35.9. The molecule has 4 N–H and O–H groups in total. The first kappa shape index (κ1) is 47.3. The largest absolute Gasteiger partial charge is 0.394 e. The number of carbonyl (C=O) groups excluding carboxylic acids is 1. The summed E-state index contributed by atoms with van der Waals surface area (Å²) in [5.41, 5.74) is 0. The van der Waals surface area contributed by atoms with Crippen LogP contribution in [0.2, 0.25) is 0 Å². The summed E-state index contributed by atoms with van der Waals surface area (Å²) in [5.74, 6) is -0.335. The van der Waals surface area contributed by atoms with Crippen LogP contribution in [0.25, 0.3) is 0 Å². The van der Waals surface area contributed by atoms with Gasteiger partial charge in [0.15, 0.2) is 0 Å². The fraction of sp³-hybridized carbons (Fsp3) is 0.795. The van der Waals surface area contributed by atoms with E-state index in [2.05, 4.69) is 55.6 Å². The van der Waals surface area contributed by atoms with E-state index in [1.807, 2.05) is 6.08 Å². The standard InChI is InChI=1S/C44H81NO4/c1-3-5-7-9-11-13-15-16-17-18-19-20-21-22-23-24-25-26-27-28-29-31-33-35-37-41(47)39-44(49)45-42(40-46)43(48)38-36-34-32-30-14-12-10-8-6-4-2/h6,8,14,22-23,30,36,38,41-43,46-48H,3-5,7,9-13,15-21,24-29,31-35,37,39-40H2,1-2H3,(H,45,49)/b8-6+,23-22-,30-14+,38-36+. The van der Waals surface area contributed by atoms with Crippen molar-refractivity contribution in [3.8, 4) is 0 Å². The zero-order valence-corrected chi connectivity index (χ0v) is 32.3. The lowest BCUT2D eigenvalue weighted by atomic mass is 10.0. The minimum Gasteiger partial charge on any atom is -0.394 e. The van der Waals surface area contributed by atoms with Gasteiger partial charge in [-0.3, -0.25) is 4.79 Å². The minimum absolute atomic E-state index is 0.00101. The van der Waals surface area contributed by atoms with Gasteiger partial charge < -0.3 is 20.6 Å². The minimum atomic E-state index is -0.959. The third-order valence-corrected chi connectivity index (χ3v) is 9.33. The lowest BCUT2D eigenvalue weighted by molar-refractivity contribution is -0.124. The summed E-state index contributed by atoms with van der Waals surface area (Å²) in [4.78, 5) is 12.4. The Labute approximate surface area is 304 Å². The van der Waals surface area contributed by atoms with Gasteiger partial charge in [-0.05, 0) is 64.2 Å². The van der Waals surface area contributed by atoms with E-state index in [1.54, 1.807) is 6.08 Å². The van der Waals surface area contributed by atoms with Crippen LogP contribution in [0.5, 0.6) is 0 Å². The highest BCUT2D eigenvalue weighted by atomic mass is 16.3. The second kappa shape index (κ2) is 39.1. The van der Waals surface area contributed by atoms with Crippen molar-refractivity contribution in [2.45, 2.75) is 218 Å². The summed E-state index contributed by atoms with van der Waals surface area (Å²) >= 11 is 0. The molecule has 0 bridgehead atoms. The summed E-state index contributed by atoms with van der Waals surface area (Å²) in [5, 5.41) is 33.0. The van der Waals surface area contributed by atoms with Crippen LogP contribution in [0.3, 0.4) is 0 Å². The number of hydrogen-bond donors (Lipinski definition) is 4. The molecule has 0 aromatic carbocycles. The van der Waals surface area contributed by atoms with Crippen molar-refractivity contribution in [1.29, 1.82) is 0 Å². The Morgan fingerprint density at radius 2 is 0.939 bits per heavy atom. The number of hydrogen-bond acceptors (Lipinski definition) is 4. The van der Waals surface area contributed by atoms with Crippen molar-refractivity contribution in [3.63, 3.8) is 0 Å². The molecule has 0 aliphatic heterocycles. The zero-order chi connectivity index (χ0) is 35.9. The van der Waals surface area contributed by atoms with Crippen LogP contribution in [0, 0.1) is 0 Å². The molecule has 0 fully saturated rings. The Balaban J connectivity index is 3.63. The number of rotatable bonds is 37. The lowest BCUT2D eigenvalue weighted by Gasteiger charge is -2.21. The lowest BCUT2D eigenvalue weighted by Crippen LogP contribution is -2.45. The summed E-state index contributed by atoms with van der Waals surface area (Å²) in [6.45, 7) is 4.07. The third-order valence-electron chi connectivity index (χ3n) is 9.33. The Bertz CT molecular complexity index is 805. The van der Waals surface area contributed by atoms with Crippen molar-refractivity contribution < 1.29 is 20.1 Å². The van der Waals surface area contributed by atoms with E-state index >= 15 is 0 Å². The van der Waals surface area contributed by atoms with Crippen LogP contribution < -0.4 is 5.32 Å². The summed E-state index contributed by atoms with van der Waals surface area (Å²) < 4.78 is 0. The molecule has 286 valence electrons.